The van der Waals surface area contributed by atoms with Gasteiger partial charge in [0, 0.05) is 11.1 Å². The number of hydrogen-bond donors (Lipinski definition) is 1. The van der Waals surface area contributed by atoms with Crippen molar-refractivity contribution in [3.05, 3.63) is 69.2 Å². The molecule has 3 aromatic rings. The number of carbonyl (C=O) groups excluding carboxylic acids is 3. The van der Waals surface area contributed by atoms with Crippen molar-refractivity contribution in [3.63, 3.8) is 0 Å². The number of carbonyl (C=O) groups is 3. The van der Waals surface area contributed by atoms with Crippen LogP contribution in [0.2, 0.25) is 0 Å². The van der Waals surface area contributed by atoms with Gasteiger partial charge in [0.1, 0.15) is 22.4 Å². The molecule has 0 saturated carbocycles. The van der Waals surface area contributed by atoms with Gasteiger partial charge in [-0.15, -0.1) is 0 Å². The average Bonchev–Trinajstić information content (AvgIpc) is 3.44. The third kappa shape index (κ3) is 4.81. The van der Waals surface area contributed by atoms with Gasteiger partial charge in [-0.2, -0.15) is 0 Å². The molecule has 1 aliphatic rings. The molecule has 0 bridgehead atoms. The van der Waals surface area contributed by atoms with Crippen molar-refractivity contribution in [2.75, 3.05) is 32.8 Å². The zero-order valence-electron chi connectivity index (χ0n) is 22.4. The normalized spacial score (nSPS) is 16.4. The van der Waals surface area contributed by atoms with Crippen LogP contribution in [0.1, 0.15) is 45.0 Å². The maximum Gasteiger partial charge on any atom is 0.350 e. The Morgan fingerprint density at radius 3 is 2.44 bits per heavy atom. The minimum absolute atomic E-state index is 0.0954. The lowest BCUT2D eigenvalue weighted by atomic mass is 9.93. The molecule has 1 atom stereocenters. The van der Waals surface area contributed by atoms with Crippen LogP contribution in [0, 0.1) is 13.8 Å². The van der Waals surface area contributed by atoms with E-state index in [2.05, 4.69) is 4.98 Å². The number of thiazole rings is 1. The summed E-state index contributed by atoms with van der Waals surface area (Å²) in [4.78, 5) is 45.5. The number of rotatable bonds is 8. The van der Waals surface area contributed by atoms with Crippen LogP contribution in [0.4, 0.5) is 5.13 Å². The summed E-state index contributed by atoms with van der Waals surface area (Å²) >= 11 is 0.924. The molecule has 11 heteroatoms. The number of benzene rings is 2. The molecule has 0 aliphatic carbocycles. The summed E-state index contributed by atoms with van der Waals surface area (Å²) < 4.78 is 21.5. The van der Waals surface area contributed by atoms with Crippen molar-refractivity contribution >= 4 is 39.9 Å². The van der Waals surface area contributed by atoms with E-state index < -0.39 is 23.7 Å². The van der Waals surface area contributed by atoms with Crippen LogP contribution < -0.4 is 19.1 Å². The Labute approximate surface area is 229 Å². The summed E-state index contributed by atoms with van der Waals surface area (Å²) in [5, 5.41) is 11.6. The second kappa shape index (κ2) is 11.2. The maximum absolute atomic E-state index is 13.6. The van der Waals surface area contributed by atoms with Crippen molar-refractivity contribution in [1.29, 1.82) is 0 Å². The van der Waals surface area contributed by atoms with Crippen LogP contribution in [0.15, 0.2) is 42.0 Å². The fourth-order valence-corrected chi connectivity index (χ4v) is 5.48. The smallest absolute Gasteiger partial charge is 0.350 e. The van der Waals surface area contributed by atoms with Crippen molar-refractivity contribution in [1.82, 2.24) is 4.98 Å². The SMILES string of the molecule is CCOC(=O)c1sc(N2C(=O)C(=O)/C(=C(/O)c3ccc(OC)cc3C)[C@@H]2c2cccc(OC)c2OC)nc1C. The van der Waals surface area contributed by atoms with E-state index >= 15 is 0 Å². The fraction of sp³-hybridized carbons (Fsp3) is 0.286. The van der Waals surface area contributed by atoms with Gasteiger partial charge in [-0.25, -0.2) is 9.78 Å². The standard InChI is InChI=1S/C28H28N2O8S/c1-7-38-27(34)25-15(3)29-28(39-25)30-21(18-9-8-10-19(36-5)24(18)37-6)20(23(32)26(30)33)22(31)17-12-11-16(35-4)13-14(17)2/h8-13,21,31H,7H2,1-6H3/b22-20+/t21-/m0/s1. The number of ether oxygens (including phenoxy) is 4. The monoisotopic (exact) mass is 552 g/mol. The first-order valence-electron chi connectivity index (χ1n) is 12.0. The van der Waals surface area contributed by atoms with Gasteiger partial charge in [-0.1, -0.05) is 23.5 Å². The van der Waals surface area contributed by atoms with Crippen molar-refractivity contribution in [3.8, 4) is 17.2 Å². The van der Waals surface area contributed by atoms with Gasteiger partial charge in [-0.05, 0) is 50.6 Å². The van der Waals surface area contributed by atoms with E-state index in [1.807, 2.05) is 0 Å². The summed E-state index contributed by atoms with van der Waals surface area (Å²) in [7, 11) is 4.43. The number of aliphatic hydroxyl groups is 1. The molecule has 4 rings (SSSR count). The largest absolute Gasteiger partial charge is 0.507 e. The lowest BCUT2D eigenvalue weighted by molar-refractivity contribution is -0.132. The molecule has 0 spiro atoms. The number of hydrogen-bond acceptors (Lipinski definition) is 10. The van der Waals surface area contributed by atoms with Gasteiger partial charge in [0.05, 0.1) is 39.2 Å². The number of amides is 1. The van der Waals surface area contributed by atoms with Crippen LogP contribution in [0.3, 0.4) is 0 Å². The number of aryl methyl sites for hydroxylation is 2. The number of anilines is 1. The number of methoxy groups -OCH3 is 3. The summed E-state index contributed by atoms with van der Waals surface area (Å²) in [6, 6.07) is 8.87. The first kappa shape index (κ1) is 27.6. The Morgan fingerprint density at radius 1 is 1.08 bits per heavy atom. The molecular weight excluding hydrogens is 524 g/mol. The second-order valence-corrected chi connectivity index (χ2v) is 9.54. The molecule has 1 aromatic heterocycles. The summed E-state index contributed by atoms with van der Waals surface area (Å²) in [6.07, 6.45) is 0. The van der Waals surface area contributed by atoms with Crippen LogP contribution in [-0.4, -0.2) is 55.7 Å². The van der Waals surface area contributed by atoms with Crippen molar-refractivity contribution in [2.24, 2.45) is 0 Å². The molecule has 1 aliphatic heterocycles. The summed E-state index contributed by atoms with van der Waals surface area (Å²) in [5.74, 6) is -1.58. The number of nitrogens with zero attached hydrogens (tertiary/aromatic N) is 2. The number of para-hydroxylation sites is 1. The van der Waals surface area contributed by atoms with Gasteiger partial charge >= 0.3 is 11.9 Å². The summed E-state index contributed by atoms with van der Waals surface area (Å²) in [6.45, 7) is 5.22. The topological polar surface area (TPSA) is 124 Å². The highest BCUT2D eigenvalue weighted by Gasteiger charge is 2.49. The van der Waals surface area contributed by atoms with Crippen molar-refractivity contribution in [2.45, 2.75) is 26.8 Å². The number of aromatic nitrogens is 1. The predicted octanol–water partition coefficient (Wildman–Crippen LogP) is 4.59. The third-order valence-electron chi connectivity index (χ3n) is 6.31. The molecule has 1 saturated heterocycles. The van der Waals surface area contributed by atoms with Crippen LogP contribution in [0.5, 0.6) is 17.2 Å². The molecule has 1 N–H and O–H groups in total. The van der Waals surface area contributed by atoms with E-state index in [0.717, 1.165) is 11.3 Å². The molecule has 10 nitrogen and oxygen atoms in total. The van der Waals surface area contributed by atoms with E-state index in [1.54, 1.807) is 57.2 Å². The van der Waals surface area contributed by atoms with Gasteiger partial charge < -0.3 is 24.1 Å². The zero-order chi connectivity index (χ0) is 28.4. The quantitative estimate of drug-likeness (QED) is 0.185. The van der Waals surface area contributed by atoms with Gasteiger partial charge in [0.15, 0.2) is 16.6 Å². The van der Waals surface area contributed by atoms with E-state index in [1.165, 1.54) is 26.2 Å². The Balaban J connectivity index is 2.00. The highest BCUT2D eigenvalue weighted by Crippen LogP contribution is 2.48. The lowest BCUT2D eigenvalue weighted by Crippen LogP contribution is -2.29. The van der Waals surface area contributed by atoms with Crippen LogP contribution in [0.25, 0.3) is 5.76 Å². The highest BCUT2D eigenvalue weighted by molar-refractivity contribution is 7.17. The first-order valence-corrected chi connectivity index (χ1v) is 12.8. The second-order valence-electron chi connectivity index (χ2n) is 8.56. The lowest BCUT2D eigenvalue weighted by Gasteiger charge is -2.25. The van der Waals surface area contributed by atoms with E-state index in [4.69, 9.17) is 18.9 Å². The molecule has 2 aromatic carbocycles. The number of esters is 1. The fourth-order valence-electron chi connectivity index (χ4n) is 4.50. The van der Waals surface area contributed by atoms with Crippen LogP contribution >= 0.6 is 11.3 Å². The zero-order valence-corrected chi connectivity index (χ0v) is 23.2. The van der Waals surface area contributed by atoms with Gasteiger partial charge in [0.2, 0.25) is 0 Å². The number of ketones is 1. The Morgan fingerprint density at radius 2 is 1.82 bits per heavy atom. The Hall–Kier alpha value is -4.38. The molecule has 204 valence electrons. The van der Waals surface area contributed by atoms with Crippen molar-refractivity contribution < 1.29 is 38.4 Å². The molecule has 0 unspecified atom stereocenters. The average molecular weight is 553 g/mol. The molecule has 1 fully saturated rings. The summed E-state index contributed by atoms with van der Waals surface area (Å²) in [5.41, 5.74) is 1.55. The molecule has 2 heterocycles. The highest BCUT2D eigenvalue weighted by atomic mass is 32.1. The molecule has 1 amide bonds. The molecule has 0 radical (unpaired) electrons. The first-order chi connectivity index (χ1) is 18.7. The van der Waals surface area contributed by atoms with E-state index in [-0.39, 0.29) is 33.7 Å². The van der Waals surface area contributed by atoms with Crippen LogP contribution in [-0.2, 0) is 14.3 Å². The Bertz CT molecular complexity index is 1490. The minimum atomic E-state index is -1.14. The third-order valence-corrected chi connectivity index (χ3v) is 7.45. The molecule has 39 heavy (non-hydrogen) atoms. The number of Topliss-reactive ketones (excluding diaryl/α,β-unsaturated/α-hetero) is 1. The number of aliphatic hydroxyl groups excluding tert-OH is 1. The minimum Gasteiger partial charge on any atom is -0.507 e. The maximum atomic E-state index is 13.6. The van der Waals surface area contributed by atoms with E-state index in [0.29, 0.717) is 33.9 Å². The predicted molar refractivity (Wildman–Crippen MR) is 145 cm³/mol. The van der Waals surface area contributed by atoms with Gasteiger partial charge in [-0.3, -0.25) is 14.5 Å². The van der Waals surface area contributed by atoms with Gasteiger partial charge in [0.25, 0.3) is 5.78 Å². The Kier molecular flexibility index (Phi) is 7.91. The molecular formula is C28H28N2O8S. The van der Waals surface area contributed by atoms with E-state index in [9.17, 15) is 19.5 Å².